The van der Waals surface area contributed by atoms with Crippen LogP contribution in [0, 0.1) is 39.9 Å². The normalized spacial score (nSPS) is 27.4. The minimum atomic E-state index is -0.116. The molecule has 0 radical (unpaired) electrons. The van der Waals surface area contributed by atoms with E-state index in [9.17, 15) is 4.79 Å². The largest absolute Gasteiger partial charge is 0.477 e. The van der Waals surface area contributed by atoms with Gasteiger partial charge in [-0.1, -0.05) is 61.3 Å². The molecule has 9 rings (SSSR count). The Morgan fingerprint density at radius 3 is 1.36 bits per heavy atom. The van der Waals surface area contributed by atoms with Crippen LogP contribution in [0.25, 0.3) is 0 Å². The fourth-order valence-electron chi connectivity index (χ4n) is 12.8. The summed E-state index contributed by atoms with van der Waals surface area (Å²) >= 11 is 0. The second kappa shape index (κ2) is 30.9. The predicted octanol–water partition coefficient (Wildman–Crippen LogP) is 12.6. The van der Waals surface area contributed by atoms with E-state index in [1.807, 2.05) is 14.0 Å². The Balaban J connectivity index is 0.000000228. The first-order chi connectivity index (χ1) is 34.5. The van der Waals surface area contributed by atoms with Crippen LogP contribution in [0.4, 0.5) is 0 Å². The number of carbonyl (C=O) groups excluding carboxylic acids is 1. The first kappa shape index (κ1) is 67.0. The fourth-order valence-corrected chi connectivity index (χ4v) is 12.8. The third-order valence-electron chi connectivity index (χ3n) is 19.7. The monoisotopic (exact) mass is 1040 g/mol. The second-order valence-corrected chi connectivity index (χ2v) is 28.3. The van der Waals surface area contributed by atoms with Crippen LogP contribution in [0.1, 0.15) is 215 Å². The van der Waals surface area contributed by atoms with E-state index < -0.39 is 0 Å². The van der Waals surface area contributed by atoms with Crippen LogP contribution in [-0.2, 0) is 9.53 Å². The zero-order valence-electron chi connectivity index (χ0n) is 53.1. The Bertz CT molecular complexity index is 1540. The Morgan fingerprint density at radius 1 is 0.595 bits per heavy atom. The first-order valence-corrected chi connectivity index (χ1v) is 31.1. The Morgan fingerprint density at radius 2 is 1.07 bits per heavy atom. The van der Waals surface area contributed by atoms with Gasteiger partial charge in [0.05, 0.1) is 12.1 Å². The summed E-state index contributed by atoms with van der Waals surface area (Å²) in [5.74, 6) is 3.49. The van der Waals surface area contributed by atoms with Crippen molar-refractivity contribution in [3.63, 3.8) is 0 Å². The Kier molecular flexibility index (Phi) is 28.0. The number of hydrogen-bond acceptors (Lipinski definition) is 10. The molecule has 7 aliphatic heterocycles. The summed E-state index contributed by atoms with van der Waals surface area (Å²) in [5, 5.41) is 9.15. The molecule has 0 bridgehead atoms. The summed E-state index contributed by atoms with van der Waals surface area (Å²) in [6.45, 7) is 59.0. The van der Waals surface area contributed by atoms with Gasteiger partial charge in [0.25, 0.3) is 0 Å². The van der Waals surface area contributed by atoms with Crippen molar-refractivity contribution in [1.82, 2.24) is 34.3 Å². The molecule has 4 unspecified atom stereocenters. The van der Waals surface area contributed by atoms with E-state index in [1.165, 1.54) is 123 Å². The van der Waals surface area contributed by atoms with Gasteiger partial charge in [0.15, 0.2) is 5.88 Å². The maximum Gasteiger partial charge on any atom is 0.181 e. The second-order valence-electron chi connectivity index (χ2n) is 28.3. The van der Waals surface area contributed by atoms with Gasteiger partial charge in [-0.3, -0.25) is 14.6 Å². The van der Waals surface area contributed by atoms with Gasteiger partial charge >= 0.3 is 0 Å². The van der Waals surface area contributed by atoms with Gasteiger partial charge in [-0.2, -0.15) is 0 Å². The van der Waals surface area contributed by atoms with E-state index in [-0.39, 0.29) is 6.10 Å². The molecule has 74 heavy (non-hydrogen) atoms. The molecule has 7 saturated heterocycles. The molecule has 2 spiro atoms. The summed E-state index contributed by atoms with van der Waals surface area (Å²) < 4.78 is 5.27. The van der Waals surface area contributed by atoms with E-state index >= 15 is 0 Å². The van der Waals surface area contributed by atoms with Crippen molar-refractivity contribution in [3.05, 3.63) is 12.5 Å². The molecule has 0 amide bonds. The van der Waals surface area contributed by atoms with Crippen LogP contribution in [0.5, 0.6) is 0 Å². The number of piperidine rings is 2. The number of likely N-dealkylation sites (N-methyl/N-ethyl adjacent to an activating group) is 1. The molecule has 4 atom stereocenters. The number of rotatable bonds is 10. The van der Waals surface area contributed by atoms with Gasteiger partial charge in [0.1, 0.15) is 12.4 Å². The Hall–Kier alpha value is -1.27. The minimum absolute atomic E-state index is 0.116. The van der Waals surface area contributed by atoms with E-state index in [1.54, 1.807) is 6.92 Å². The van der Waals surface area contributed by atoms with E-state index in [4.69, 9.17) is 9.84 Å². The number of ether oxygens (including phenoxy) is 1. The van der Waals surface area contributed by atoms with Gasteiger partial charge in [0.2, 0.25) is 0 Å². The van der Waals surface area contributed by atoms with Crippen molar-refractivity contribution >= 4 is 5.78 Å². The van der Waals surface area contributed by atoms with E-state index in [0.29, 0.717) is 47.1 Å². The molecule has 436 valence electrons. The molecule has 0 aromatic heterocycles. The van der Waals surface area contributed by atoms with Gasteiger partial charge in [-0.05, 0) is 215 Å². The van der Waals surface area contributed by atoms with Crippen LogP contribution in [-0.4, -0.2) is 186 Å². The average Bonchev–Trinajstić information content (AvgIpc) is 3.78. The molecule has 2 aliphatic carbocycles. The minimum Gasteiger partial charge on any atom is -0.477 e. The number of likely N-dealkylation sites (tertiary alicyclic amines) is 6. The van der Waals surface area contributed by atoms with Crippen molar-refractivity contribution in [2.24, 2.45) is 39.9 Å². The van der Waals surface area contributed by atoms with Crippen molar-refractivity contribution in [2.45, 2.75) is 269 Å². The zero-order chi connectivity index (χ0) is 55.9. The van der Waals surface area contributed by atoms with Crippen LogP contribution in [0.3, 0.4) is 0 Å². The Labute approximate surface area is 460 Å². The molecule has 0 aromatic carbocycles. The maximum atomic E-state index is 10.8. The topological polar surface area (TPSA) is 69.2 Å². The number of hydrogen-bond donors (Lipinski definition) is 1. The molecule has 1 N–H and O–H groups in total. The smallest absolute Gasteiger partial charge is 0.181 e. The highest BCUT2D eigenvalue weighted by Gasteiger charge is 2.47. The van der Waals surface area contributed by atoms with Crippen LogP contribution in [0.15, 0.2) is 12.5 Å². The summed E-state index contributed by atoms with van der Waals surface area (Å²) in [6.07, 6.45) is 18.8. The molecule has 0 aromatic rings. The van der Waals surface area contributed by atoms with Crippen molar-refractivity contribution in [1.29, 1.82) is 0 Å². The molecule has 9 fully saturated rings. The molecular weight excluding hydrogens is 915 g/mol. The molecule has 9 aliphatic rings. The number of carbonyl (C=O) groups is 1. The number of nitrogens with zero attached hydrogens (tertiary/aromatic N) is 7. The van der Waals surface area contributed by atoms with Crippen LogP contribution < -0.4 is 0 Å². The molecule has 2 saturated carbocycles. The first-order valence-electron chi connectivity index (χ1n) is 31.1. The lowest BCUT2D eigenvalue weighted by Crippen LogP contribution is -2.61. The van der Waals surface area contributed by atoms with Crippen LogP contribution in [0.2, 0.25) is 0 Å². The average molecular weight is 1040 g/mol. The molecule has 10 heteroatoms. The highest BCUT2D eigenvalue weighted by atomic mass is 16.5. The molecular formula is C64H127N7O3. The quantitative estimate of drug-likeness (QED) is 0.229. The van der Waals surface area contributed by atoms with Crippen molar-refractivity contribution in [2.75, 3.05) is 86.1 Å². The standard InChI is InChI=1S/C11H21N.2C10H21N.C9H17N.C8H15NO.C8H17NO.C8H15NO/c1-10(2)12-8-6-11(7-9-12)4-3-5-11;1-9(2)11-7-5-6-10(3,4)8-11;1-5-9-6-7-10(8(2)3)11(9)4;1-8(2)10-6-9(7-10)4-3-5-9;1-6(2)8-5-10-7(3)9(8)4;2*1-6(2)9-4-8(5-9)7(3)10/h10H,3-9H2,1-2H3;9H,5-8H2,1-4H3;8-10H,5-7H2,1-4H3;8H,3-7H2,1-2H3;6,8H,3,5H2,1-2,4H3;6-8,10H,4-5H2,1-3H3;6,8H,4-5H2,1-3H3. The summed E-state index contributed by atoms with van der Waals surface area (Å²) in [5.41, 5.74) is 2.21. The predicted molar refractivity (Wildman–Crippen MR) is 319 cm³/mol. The van der Waals surface area contributed by atoms with Crippen LogP contribution >= 0.6 is 0 Å². The number of aliphatic hydroxyl groups is 1. The summed E-state index contributed by atoms with van der Waals surface area (Å²) in [7, 11) is 4.31. The highest BCUT2D eigenvalue weighted by molar-refractivity contribution is 5.79. The van der Waals surface area contributed by atoms with Gasteiger partial charge < -0.3 is 34.3 Å². The van der Waals surface area contributed by atoms with E-state index in [2.05, 4.69) is 166 Å². The fraction of sp³-hybridized carbons (Fsp3) is 0.953. The lowest BCUT2D eigenvalue weighted by molar-refractivity contribution is -0.126. The third kappa shape index (κ3) is 20.8. The van der Waals surface area contributed by atoms with E-state index in [0.717, 1.165) is 85.6 Å². The lowest BCUT2D eigenvalue weighted by atomic mass is 9.63. The number of aliphatic hydroxyl groups excluding tert-OH is 1. The van der Waals surface area contributed by atoms with Gasteiger partial charge in [-0.15, -0.1) is 0 Å². The van der Waals surface area contributed by atoms with Crippen molar-refractivity contribution in [3.8, 4) is 0 Å². The van der Waals surface area contributed by atoms with Gasteiger partial charge in [-0.25, -0.2) is 0 Å². The summed E-state index contributed by atoms with van der Waals surface area (Å²) in [4.78, 5) is 27.9. The highest BCUT2D eigenvalue weighted by Crippen LogP contribution is 2.49. The zero-order valence-corrected chi connectivity index (χ0v) is 53.1. The molecule has 10 nitrogen and oxygen atoms in total. The lowest BCUT2D eigenvalue weighted by Gasteiger charge is -2.57. The number of ketones is 1. The summed E-state index contributed by atoms with van der Waals surface area (Å²) in [6, 6.07) is 5.77. The van der Waals surface area contributed by atoms with Crippen molar-refractivity contribution < 1.29 is 14.6 Å². The third-order valence-corrected chi connectivity index (χ3v) is 19.7. The SMILES string of the molecule is C=C1OCC(C(C)C)N1C.CC(=O)C1CN(C(C)C)C1.CC(C)N1CC2(CCC2)C1.CC(C)N1CCC2(CCC2)CC1.CC(C)N1CCCC(C)(C)C1.CC(O)C1CN(C(C)C)C1.CCC1CCC(C(C)C)N1C. The molecule has 7 heterocycles. The maximum absolute atomic E-state index is 10.8. The number of Topliss-reactive ketones (excluding diaryl/α,β-unsaturated/α-hetero) is 1. The van der Waals surface area contributed by atoms with Gasteiger partial charge in [0, 0.05) is 107 Å².